The first-order chi connectivity index (χ1) is 23.1. The molecule has 1 N–H and O–H groups in total. The van der Waals surface area contributed by atoms with Crippen LogP contribution in [0.4, 0.5) is 0 Å². The van der Waals surface area contributed by atoms with Crippen molar-refractivity contribution in [3.05, 3.63) is 144 Å². The summed E-state index contributed by atoms with van der Waals surface area (Å²) in [6.07, 6.45) is 4.35. The minimum Gasteiger partial charge on any atom is -0.466 e. The average Bonchev–Trinajstić information content (AvgIpc) is 3.15. The summed E-state index contributed by atoms with van der Waals surface area (Å²) in [6.45, 7) is 8.64. The van der Waals surface area contributed by atoms with E-state index >= 15 is 0 Å². The van der Waals surface area contributed by atoms with Crippen LogP contribution in [0.25, 0.3) is 0 Å². The van der Waals surface area contributed by atoms with Crippen LogP contribution in [-0.4, -0.2) is 73.4 Å². The Morgan fingerprint density at radius 1 is 0.660 bits per heavy atom. The van der Waals surface area contributed by atoms with Crippen LogP contribution in [0, 0.1) is 11.8 Å². The maximum Gasteiger partial charge on any atom is 0.310 e. The Morgan fingerprint density at radius 2 is 1.06 bits per heavy atom. The maximum absolute atomic E-state index is 12.1. The van der Waals surface area contributed by atoms with Crippen molar-refractivity contribution in [3.8, 4) is 0 Å². The minimum atomic E-state index is -0.0387. The molecule has 0 radical (unpaired) electrons. The molecule has 2 heterocycles. The third-order valence-electron chi connectivity index (χ3n) is 9.68. The molecule has 2 fully saturated rings. The Bertz CT molecular complexity index is 1360. The predicted octanol–water partition coefficient (Wildman–Crippen LogP) is 7.62. The lowest BCUT2D eigenvalue weighted by molar-refractivity contribution is -0.149. The summed E-state index contributed by atoms with van der Waals surface area (Å²) >= 11 is 0. The van der Waals surface area contributed by atoms with Crippen LogP contribution < -0.4 is 0 Å². The predicted molar refractivity (Wildman–Crippen MR) is 192 cm³/mol. The van der Waals surface area contributed by atoms with Crippen LogP contribution in [0.2, 0.25) is 0 Å². The van der Waals surface area contributed by atoms with Crippen LogP contribution in [-0.2, 0) is 9.53 Å². The van der Waals surface area contributed by atoms with Crippen molar-refractivity contribution in [2.24, 2.45) is 11.8 Å². The number of hydrogen-bond donors (Lipinski definition) is 1. The zero-order valence-electron chi connectivity index (χ0n) is 28.0. The Labute approximate surface area is 282 Å². The molecule has 2 atom stereocenters. The lowest BCUT2D eigenvalue weighted by Gasteiger charge is -2.34. The van der Waals surface area contributed by atoms with Crippen LogP contribution in [0.1, 0.15) is 66.7 Å². The summed E-state index contributed by atoms with van der Waals surface area (Å²) in [4.78, 5) is 17.1. The monoisotopic (exact) mass is 632 g/mol. The average molecular weight is 633 g/mol. The summed E-state index contributed by atoms with van der Waals surface area (Å²) in [5.74, 6) is 1.15. The van der Waals surface area contributed by atoms with Gasteiger partial charge in [0.2, 0.25) is 0 Å². The molecule has 2 aliphatic rings. The molecule has 0 unspecified atom stereocenters. The van der Waals surface area contributed by atoms with Gasteiger partial charge in [-0.1, -0.05) is 121 Å². The minimum absolute atomic E-state index is 0.0147. The molecule has 47 heavy (non-hydrogen) atoms. The molecule has 2 aliphatic heterocycles. The van der Waals surface area contributed by atoms with Crippen LogP contribution in [0.5, 0.6) is 0 Å². The number of aliphatic hydroxyl groups excluding tert-OH is 1. The highest BCUT2D eigenvalue weighted by Crippen LogP contribution is 2.29. The van der Waals surface area contributed by atoms with Gasteiger partial charge in [0.25, 0.3) is 0 Å². The lowest BCUT2D eigenvalue weighted by Crippen LogP contribution is -2.41. The number of ether oxygens (including phenoxy) is 1. The van der Waals surface area contributed by atoms with Gasteiger partial charge < -0.3 is 19.6 Å². The standard InChI is InChI=1S/C22H27NO2.C20H25NO/c1-2-25-22(24)20-14-9-15-23(16-20)17-21(18-10-5-3-6-11-18)19-12-7-4-8-13-19;22-16-17-8-7-13-21(14-17)15-20(18-9-3-1-4-10-18)19-11-5-2-6-12-19/h3-8,10-13,20-21H,2,9,14-17H2,1H3;1-6,9-12,17,20,22H,7-8,13-16H2/t20-;17-/m00/s1. The second-order valence-corrected chi connectivity index (χ2v) is 13.0. The molecule has 4 aromatic rings. The van der Waals surface area contributed by atoms with Crippen molar-refractivity contribution in [1.82, 2.24) is 9.80 Å². The Balaban J connectivity index is 0.000000186. The number of aliphatic hydroxyl groups is 1. The Morgan fingerprint density at radius 3 is 1.47 bits per heavy atom. The number of benzene rings is 4. The molecule has 5 heteroatoms. The third-order valence-corrected chi connectivity index (χ3v) is 9.68. The van der Waals surface area contributed by atoms with E-state index in [9.17, 15) is 9.90 Å². The number of rotatable bonds is 11. The number of carbonyl (C=O) groups is 1. The van der Waals surface area contributed by atoms with Gasteiger partial charge in [-0.25, -0.2) is 0 Å². The number of carbonyl (C=O) groups excluding carboxylic acids is 1. The fourth-order valence-corrected chi connectivity index (χ4v) is 7.20. The highest BCUT2D eigenvalue weighted by atomic mass is 16.5. The van der Waals surface area contributed by atoms with E-state index in [0.717, 1.165) is 58.5 Å². The zero-order valence-corrected chi connectivity index (χ0v) is 28.0. The maximum atomic E-state index is 12.1. The van der Waals surface area contributed by atoms with Crippen molar-refractivity contribution in [3.63, 3.8) is 0 Å². The van der Waals surface area contributed by atoms with E-state index in [2.05, 4.69) is 131 Å². The van der Waals surface area contributed by atoms with Gasteiger partial charge in [-0.15, -0.1) is 0 Å². The molecule has 0 bridgehead atoms. The largest absolute Gasteiger partial charge is 0.466 e. The first-order valence-electron chi connectivity index (χ1n) is 17.6. The molecule has 0 saturated carbocycles. The molecule has 6 rings (SSSR count). The van der Waals surface area contributed by atoms with E-state index < -0.39 is 0 Å². The van der Waals surface area contributed by atoms with Gasteiger partial charge >= 0.3 is 5.97 Å². The number of piperidine rings is 2. The molecule has 4 aromatic carbocycles. The molecule has 0 spiro atoms. The molecule has 0 aliphatic carbocycles. The highest BCUT2D eigenvalue weighted by Gasteiger charge is 2.29. The third kappa shape index (κ3) is 10.4. The summed E-state index contributed by atoms with van der Waals surface area (Å²) in [5.41, 5.74) is 5.40. The van der Waals surface area contributed by atoms with E-state index in [1.54, 1.807) is 0 Å². The van der Waals surface area contributed by atoms with E-state index in [0.29, 0.717) is 31.0 Å². The number of likely N-dealkylation sites (tertiary alicyclic amines) is 2. The summed E-state index contributed by atoms with van der Waals surface area (Å²) in [6, 6.07) is 42.9. The second-order valence-electron chi connectivity index (χ2n) is 13.0. The number of esters is 1. The molecule has 5 nitrogen and oxygen atoms in total. The molecule has 0 aromatic heterocycles. The van der Waals surface area contributed by atoms with Gasteiger partial charge in [-0.3, -0.25) is 4.79 Å². The fraction of sp³-hybridized carbons (Fsp3) is 0.405. The topological polar surface area (TPSA) is 53.0 Å². The molecule has 248 valence electrons. The molecule has 0 amide bonds. The zero-order chi connectivity index (χ0) is 32.7. The van der Waals surface area contributed by atoms with E-state index in [4.69, 9.17) is 4.74 Å². The summed E-state index contributed by atoms with van der Waals surface area (Å²) in [5, 5.41) is 9.45. The number of hydrogen-bond acceptors (Lipinski definition) is 5. The van der Waals surface area contributed by atoms with Gasteiger partial charge in [0.15, 0.2) is 0 Å². The first kappa shape index (κ1) is 34.6. The van der Waals surface area contributed by atoms with E-state index in [-0.39, 0.29) is 11.9 Å². The smallest absolute Gasteiger partial charge is 0.310 e. The van der Waals surface area contributed by atoms with Crippen molar-refractivity contribution in [2.75, 3.05) is 52.5 Å². The second kappa shape index (κ2) is 18.5. The van der Waals surface area contributed by atoms with Gasteiger partial charge in [0.1, 0.15) is 0 Å². The van der Waals surface area contributed by atoms with Gasteiger partial charge in [-0.2, -0.15) is 0 Å². The van der Waals surface area contributed by atoms with E-state index in [1.807, 2.05) is 6.92 Å². The Hall–Kier alpha value is -3.77. The number of nitrogens with zero attached hydrogens (tertiary/aromatic N) is 2. The van der Waals surface area contributed by atoms with Crippen molar-refractivity contribution in [1.29, 1.82) is 0 Å². The van der Waals surface area contributed by atoms with Crippen LogP contribution >= 0.6 is 0 Å². The first-order valence-corrected chi connectivity index (χ1v) is 17.6. The van der Waals surface area contributed by atoms with Crippen LogP contribution in [0.3, 0.4) is 0 Å². The quantitative estimate of drug-likeness (QED) is 0.173. The fourth-order valence-electron chi connectivity index (χ4n) is 7.20. The van der Waals surface area contributed by atoms with Crippen molar-refractivity contribution >= 4 is 5.97 Å². The lowest BCUT2D eigenvalue weighted by atomic mass is 9.89. The molecule has 2 saturated heterocycles. The Kier molecular flexibility index (Phi) is 13.6. The van der Waals surface area contributed by atoms with Crippen molar-refractivity contribution < 1.29 is 14.6 Å². The SMILES string of the molecule is CCOC(=O)[C@H]1CCCN(CC(c2ccccc2)c2ccccc2)C1.OC[C@H]1CCCN(CC(c2ccccc2)c2ccccc2)C1. The molecular formula is C42H52N2O3. The van der Waals surface area contributed by atoms with Crippen LogP contribution in [0.15, 0.2) is 121 Å². The highest BCUT2D eigenvalue weighted by molar-refractivity contribution is 5.72. The summed E-state index contributed by atoms with van der Waals surface area (Å²) < 4.78 is 5.24. The van der Waals surface area contributed by atoms with E-state index in [1.165, 1.54) is 28.7 Å². The molecular weight excluding hydrogens is 580 g/mol. The van der Waals surface area contributed by atoms with Gasteiger partial charge in [-0.05, 0) is 73.9 Å². The van der Waals surface area contributed by atoms with Crippen molar-refractivity contribution in [2.45, 2.75) is 44.4 Å². The van der Waals surface area contributed by atoms with Gasteiger partial charge in [0, 0.05) is 44.6 Å². The normalized spacial score (nSPS) is 18.8. The summed E-state index contributed by atoms with van der Waals surface area (Å²) in [7, 11) is 0. The van der Waals surface area contributed by atoms with Gasteiger partial charge in [0.05, 0.1) is 12.5 Å².